The Bertz CT molecular complexity index is 1790. The smallest absolute Gasteiger partial charge is 0.578 e. The van der Waals surface area contributed by atoms with Crippen LogP contribution in [-0.2, 0) is 36.5 Å². The van der Waals surface area contributed by atoms with Crippen LogP contribution in [0, 0.1) is 28.6 Å². The molecular weight excluding hydrogens is 739 g/mol. The summed E-state index contributed by atoms with van der Waals surface area (Å²) in [5.74, 6) is -1.83. The zero-order valence-electron chi connectivity index (χ0n) is 26.8. The average molecular weight is 769 g/mol. The number of ether oxygens (including phenoxy) is 1. The first-order valence-corrected chi connectivity index (χ1v) is 16.7. The van der Waals surface area contributed by atoms with E-state index in [0.717, 1.165) is 17.7 Å². The molecule has 5 rings (SSSR count). The Morgan fingerprint density at radius 1 is 1.12 bits per heavy atom. The first kappa shape index (κ1) is 39.1. The molecule has 19 heteroatoms. The van der Waals surface area contributed by atoms with Crippen molar-refractivity contribution < 1.29 is 50.0 Å². The summed E-state index contributed by atoms with van der Waals surface area (Å²) >= 11 is 7.77. The Morgan fingerprint density at radius 3 is 2.08 bits per heavy atom. The molecule has 3 unspecified atom stereocenters. The number of nitriles is 1. The van der Waals surface area contributed by atoms with Gasteiger partial charge in [0.2, 0.25) is 10.6 Å². The van der Waals surface area contributed by atoms with Gasteiger partial charge in [-0.1, -0.05) is 48.7 Å². The fraction of sp³-hybridized carbons (Fsp3) is 0.452. The van der Waals surface area contributed by atoms with Crippen molar-refractivity contribution in [2.75, 3.05) is 12.5 Å². The highest BCUT2D eigenvalue weighted by atomic mass is 35.5. The van der Waals surface area contributed by atoms with Gasteiger partial charge in [-0.3, -0.25) is 14.4 Å². The van der Waals surface area contributed by atoms with Gasteiger partial charge in [0.1, 0.15) is 22.9 Å². The van der Waals surface area contributed by atoms with E-state index < -0.39 is 60.6 Å². The second kappa shape index (κ2) is 14.1. The zero-order valence-corrected chi connectivity index (χ0v) is 29.1. The van der Waals surface area contributed by atoms with Crippen LogP contribution in [0.15, 0.2) is 39.8 Å². The van der Waals surface area contributed by atoms with Gasteiger partial charge in [0.05, 0.1) is 21.5 Å². The number of benzene rings is 1. The maximum atomic E-state index is 12.7. The van der Waals surface area contributed by atoms with Crippen molar-refractivity contribution in [1.82, 2.24) is 14.7 Å². The third kappa shape index (κ3) is 7.63. The van der Waals surface area contributed by atoms with Crippen LogP contribution in [-0.4, -0.2) is 49.3 Å². The van der Waals surface area contributed by atoms with E-state index in [-0.39, 0.29) is 41.8 Å². The quantitative estimate of drug-likeness (QED) is 0.106. The lowest BCUT2D eigenvalue weighted by Crippen LogP contribution is -2.35. The number of aromatic nitrogens is 2. The number of hydrogen-bond acceptors (Lipinski definition) is 8. The van der Waals surface area contributed by atoms with Gasteiger partial charge in [0.15, 0.2) is 12.5 Å². The van der Waals surface area contributed by atoms with Crippen LogP contribution >= 0.6 is 23.2 Å². The number of allylic oxidation sites excluding steroid dienone is 2. The lowest BCUT2D eigenvalue weighted by Gasteiger charge is -2.15. The Hall–Kier alpha value is -3.72. The number of amides is 2. The topological polar surface area (TPSA) is 154 Å². The summed E-state index contributed by atoms with van der Waals surface area (Å²) in [7, 11) is 0. The molecule has 0 spiro atoms. The molecule has 1 aliphatic heterocycles. The maximum Gasteiger partial charge on any atom is 0.578 e. The largest absolute Gasteiger partial charge is 0.604 e. The van der Waals surface area contributed by atoms with Crippen LogP contribution < -0.4 is 5.73 Å². The number of anilines is 1. The molecule has 10 nitrogen and oxygen atoms in total. The molecule has 3 atom stereocenters. The number of nitrogens with zero attached hydrogens (tertiary/aromatic N) is 4. The molecule has 1 saturated carbocycles. The predicted octanol–water partition coefficient (Wildman–Crippen LogP) is 7.24. The molecule has 0 bridgehead atoms. The van der Waals surface area contributed by atoms with Gasteiger partial charge in [0.25, 0.3) is 11.8 Å². The zero-order chi connectivity index (χ0) is 37.7. The van der Waals surface area contributed by atoms with Crippen LogP contribution in [0.25, 0.3) is 5.69 Å². The van der Waals surface area contributed by atoms with Gasteiger partial charge in [-0.05, 0) is 63.0 Å². The van der Waals surface area contributed by atoms with Gasteiger partial charge in [-0.25, -0.2) is 9.58 Å². The molecule has 1 fully saturated rings. The van der Waals surface area contributed by atoms with Crippen LogP contribution in [0.4, 0.5) is 32.2 Å². The van der Waals surface area contributed by atoms with E-state index >= 15 is 0 Å². The molecule has 270 valence electrons. The first-order valence-electron chi connectivity index (χ1n) is 14.8. The molecule has 2 aromatic rings. The number of nitrogen functional groups attached to an aromatic ring is 1. The van der Waals surface area contributed by atoms with Crippen LogP contribution in [0.1, 0.15) is 64.6 Å². The second-order valence-corrected chi connectivity index (χ2v) is 14.7. The maximum absolute atomic E-state index is 12.7. The predicted molar refractivity (Wildman–Crippen MR) is 169 cm³/mol. The van der Waals surface area contributed by atoms with Gasteiger partial charge in [-0.15, -0.1) is 18.3 Å². The van der Waals surface area contributed by atoms with Crippen molar-refractivity contribution in [2.24, 2.45) is 17.3 Å². The number of carbonyl (C=O) groups excluding carboxylic acids is 3. The minimum absolute atomic E-state index is 0.134. The number of alkyl halides is 6. The molecule has 3 aliphatic rings. The summed E-state index contributed by atoms with van der Waals surface area (Å²) in [5.41, 5.74) is -0.140. The summed E-state index contributed by atoms with van der Waals surface area (Å²) in [6, 6.07) is 2.19. The lowest BCUT2D eigenvalue weighted by atomic mass is 9.93. The third-order valence-electron chi connectivity index (χ3n) is 8.42. The van der Waals surface area contributed by atoms with Gasteiger partial charge in [0, 0.05) is 11.1 Å². The molecule has 2 N–H and O–H groups in total. The first-order chi connectivity index (χ1) is 23.0. The summed E-state index contributed by atoms with van der Waals surface area (Å²) in [6.07, 6.45) is 0.490. The summed E-state index contributed by atoms with van der Waals surface area (Å²) < 4.78 is 93.7. The number of imide groups is 1. The minimum atomic E-state index is -5.25. The van der Waals surface area contributed by atoms with Gasteiger partial charge < -0.3 is 15.0 Å². The fourth-order valence-corrected chi connectivity index (χ4v) is 7.24. The number of hydrogen-bond donors (Lipinski definition) is 1. The highest BCUT2D eigenvalue weighted by Gasteiger charge is 2.61. The van der Waals surface area contributed by atoms with Crippen LogP contribution in [0.3, 0.4) is 0 Å². The molecular formula is C31H29Cl2F6N5O5S. The van der Waals surface area contributed by atoms with Crippen molar-refractivity contribution in [2.45, 2.75) is 70.0 Å². The molecule has 1 aromatic heterocycles. The average Bonchev–Trinajstić information content (AvgIpc) is 3.25. The van der Waals surface area contributed by atoms with Crippen molar-refractivity contribution >= 4 is 58.0 Å². The Balaban J connectivity index is 0.000000225. The Kier molecular flexibility index (Phi) is 11.0. The summed E-state index contributed by atoms with van der Waals surface area (Å²) in [6.45, 7) is 7.83. The number of carbonyl (C=O) groups is 3. The molecule has 2 amide bonds. The molecule has 50 heavy (non-hydrogen) atoms. The summed E-state index contributed by atoms with van der Waals surface area (Å²) in [4.78, 5) is 37.0. The highest BCUT2D eigenvalue weighted by Crippen LogP contribution is 2.60. The van der Waals surface area contributed by atoms with E-state index in [2.05, 4.69) is 11.2 Å². The summed E-state index contributed by atoms with van der Waals surface area (Å²) in [5, 5.41) is 11.1. The van der Waals surface area contributed by atoms with Crippen molar-refractivity contribution in [3.05, 3.63) is 56.2 Å². The van der Waals surface area contributed by atoms with E-state index in [0.29, 0.717) is 40.8 Å². The normalized spacial score (nSPS) is 20.4. The second-order valence-electron chi connectivity index (χ2n) is 12.5. The van der Waals surface area contributed by atoms with E-state index in [1.165, 1.54) is 11.6 Å². The van der Waals surface area contributed by atoms with Crippen molar-refractivity contribution in [3.63, 3.8) is 0 Å². The molecule has 0 radical (unpaired) electrons. The highest BCUT2D eigenvalue weighted by molar-refractivity contribution is 7.92. The Morgan fingerprint density at radius 2 is 1.64 bits per heavy atom. The Labute approximate surface area is 295 Å². The van der Waals surface area contributed by atoms with Gasteiger partial charge >= 0.3 is 17.7 Å². The van der Waals surface area contributed by atoms with E-state index in [1.807, 2.05) is 27.7 Å². The van der Waals surface area contributed by atoms with Crippen LogP contribution in [0.5, 0.6) is 0 Å². The van der Waals surface area contributed by atoms with E-state index in [9.17, 15) is 45.3 Å². The lowest BCUT2D eigenvalue weighted by molar-refractivity contribution is -0.157. The molecule has 1 aromatic carbocycles. The number of nitrogens with two attached hydrogens (primary N) is 1. The van der Waals surface area contributed by atoms with Gasteiger partial charge in [-0.2, -0.15) is 18.4 Å². The fourth-order valence-electron chi connectivity index (χ4n) is 5.82. The minimum Gasteiger partial charge on any atom is -0.604 e. The number of esters is 1. The van der Waals surface area contributed by atoms with Crippen molar-refractivity contribution in [1.29, 1.82) is 5.26 Å². The number of rotatable bonds is 6. The number of halogens is 8. The molecule has 0 saturated heterocycles. The van der Waals surface area contributed by atoms with Crippen LogP contribution in [0.2, 0.25) is 10.0 Å². The van der Waals surface area contributed by atoms with E-state index in [1.54, 1.807) is 0 Å². The molecule has 2 heterocycles. The van der Waals surface area contributed by atoms with Crippen molar-refractivity contribution in [3.8, 4) is 11.8 Å². The van der Waals surface area contributed by atoms with E-state index in [4.69, 9.17) is 38.9 Å². The molecule has 2 aliphatic carbocycles. The standard InChI is InChI=1S/C19H25NO4.C12H4Cl2F6N4OS/c1-11(2)9-14-15(19(14,3)4)18(23)24-10-20-16(21)12-7-5-6-8-13(12)17(20)22;13-5-1-4(11(15,16)17)2-6(14)8(5)24-10(22)9(7(3-21)23-24)26(25)12(18,19)20/h9,14-15H,5-8,10H2,1-4H3;1-2H,22H2. The monoisotopic (exact) mass is 767 g/mol. The SMILES string of the molecule is CC(C)=CC1C(C(=O)OCN2C(=O)C3=C(CCCC3)C2=O)C1(C)C.N#Cc1nn(-c2c(Cl)cc(C(F)(F)F)cc2Cl)c(N)c1[S+]([O-])C(F)(F)F. The third-order valence-corrected chi connectivity index (χ3v) is 10.2.